The van der Waals surface area contributed by atoms with Crippen molar-refractivity contribution in [3.05, 3.63) is 23.8 Å². The van der Waals surface area contributed by atoms with Crippen molar-refractivity contribution in [3.63, 3.8) is 0 Å². The van der Waals surface area contributed by atoms with Gasteiger partial charge in [-0.2, -0.15) is 0 Å². The molecule has 0 aliphatic carbocycles. The smallest absolute Gasteiger partial charge is 0.317 e. The van der Waals surface area contributed by atoms with Crippen LogP contribution in [-0.4, -0.2) is 74.3 Å². The van der Waals surface area contributed by atoms with E-state index in [0.717, 1.165) is 43.1 Å². The molecule has 0 unspecified atom stereocenters. The fourth-order valence-electron chi connectivity index (χ4n) is 4.37. The van der Waals surface area contributed by atoms with Gasteiger partial charge in [-0.1, -0.05) is 33.8 Å². The number of rotatable bonds is 10. The van der Waals surface area contributed by atoms with E-state index in [1.807, 2.05) is 23.1 Å². The molecule has 1 fully saturated rings. The molecule has 2 aliphatic heterocycles. The van der Waals surface area contributed by atoms with Gasteiger partial charge in [0.2, 0.25) is 12.7 Å². The zero-order valence-corrected chi connectivity index (χ0v) is 20.6. The van der Waals surface area contributed by atoms with Gasteiger partial charge in [0.1, 0.15) is 0 Å². The predicted molar refractivity (Wildman–Crippen MR) is 129 cm³/mol. The Morgan fingerprint density at radius 1 is 1.09 bits per heavy atom. The summed E-state index contributed by atoms with van der Waals surface area (Å²) >= 11 is 0. The van der Waals surface area contributed by atoms with Gasteiger partial charge in [-0.3, -0.25) is 4.79 Å². The largest absolute Gasteiger partial charge is 0.454 e. The Kier molecular flexibility index (Phi) is 8.83. The minimum absolute atomic E-state index is 0.00687. The minimum atomic E-state index is -0.250. The van der Waals surface area contributed by atoms with Crippen molar-refractivity contribution in [2.45, 2.75) is 52.4 Å². The second-order valence-electron chi connectivity index (χ2n) is 9.54. The van der Waals surface area contributed by atoms with E-state index in [-0.39, 0.29) is 30.1 Å². The van der Waals surface area contributed by atoms with Gasteiger partial charge in [-0.25, -0.2) is 4.79 Å². The number of piperidine rings is 1. The van der Waals surface area contributed by atoms with E-state index < -0.39 is 0 Å². The Morgan fingerprint density at radius 2 is 1.79 bits per heavy atom. The Labute approximate surface area is 198 Å². The van der Waals surface area contributed by atoms with Crippen LogP contribution in [0.5, 0.6) is 11.5 Å². The molecule has 8 nitrogen and oxygen atoms in total. The molecule has 0 radical (unpaired) electrons. The van der Waals surface area contributed by atoms with Crippen LogP contribution in [0.15, 0.2) is 18.2 Å². The van der Waals surface area contributed by atoms with Crippen LogP contribution in [0, 0.1) is 5.92 Å². The lowest BCUT2D eigenvalue weighted by Gasteiger charge is -2.33. The molecule has 1 saturated heterocycles. The van der Waals surface area contributed by atoms with Crippen LogP contribution in [0.3, 0.4) is 0 Å². The van der Waals surface area contributed by atoms with Crippen molar-refractivity contribution in [1.29, 1.82) is 0 Å². The normalized spacial score (nSPS) is 16.2. The molecule has 0 saturated carbocycles. The van der Waals surface area contributed by atoms with E-state index in [1.165, 1.54) is 0 Å². The quantitative estimate of drug-likeness (QED) is 0.525. The lowest BCUT2D eigenvalue weighted by Crippen LogP contribution is -2.49. The minimum Gasteiger partial charge on any atom is -0.454 e. The number of amides is 3. The van der Waals surface area contributed by atoms with Gasteiger partial charge >= 0.3 is 6.03 Å². The van der Waals surface area contributed by atoms with Gasteiger partial charge in [0.25, 0.3) is 0 Å². The monoisotopic (exact) mass is 460 g/mol. The number of benzene rings is 1. The third kappa shape index (κ3) is 6.76. The van der Waals surface area contributed by atoms with Gasteiger partial charge in [0.05, 0.1) is 0 Å². The number of nitrogens with one attached hydrogen (secondary N) is 2. The highest BCUT2D eigenvalue weighted by atomic mass is 16.7. The Morgan fingerprint density at radius 3 is 2.48 bits per heavy atom. The number of likely N-dealkylation sites (tertiary alicyclic amines) is 1. The highest BCUT2D eigenvalue weighted by molar-refractivity contribution is 5.79. The standard InChI is InChI=1S/C25H40N4O4/c1-5-28(6-2)13-7-12-26-23(30)19-10-14-29(15-11-19)24(31)27-17-25(3,4)20-8-9-21-22(16-20)33-18-32-21/h8-9,16,19H,5-7,10-15,17-18H2,1-4H3,(H,26,30)(H,27,31). The maximum atomic E-state index is 12.7. The molecule has 3 amide bonds. The molecular weight excluding hydrogens is 420 g/mol. The summed E-state index contributed by atoms with van der Waals surface area (Å²) in [6.45, 7) is 14.3. The number of carbonyl (C=O) groups is 2. The van der Waals surface area contributed by atoms with Crippen molar-refractivity contribution in [1.82, 2.24) is 20.4 Å². The molecule has 2 heterocycles. The fourth-order valence-corrected chi connectivity index (χ4v) is 4.37. The first-order chi connectivity index (χ1) is 15.8. The maximum absolute atomic E-state index is 12.7. The van der Waals surface area contributed by atoms with E-state index in [0.29, 0.717) is 39.0 Å². The molecule has 0 bridgehead atoms. The number of hydrogen-bond acceptors (Lipinski definition) is 5. The first kappa shape index (κ1) is 25.1. The lowest BCUT2D eigenvalue weighted by molar-refractivity contribution is -0.126. The van der Waals surface area contributed by atoms with Crippen molar-refractivity contribution in [2.24, 2.45) is 5.92 Å². The number of urea groups is 1. The second-order valence-corrected chi connectivity index (χ2v) is 9.54. The highest BCUT2D eigenvalue weighted by Crippen LogP contribution is 2.36. The SMILES string of the molecule is CCN(CC)CCCNC(=O)C1CCN(C(=O)NCC(C)(C)c2ccc3c(c2)OCO3)CC1. The summed E-state index contributed by atoms with van der Waals surface area (Å²) < 4.78 is 10.9. The summed E-state index contributed by atoms with van der Waals surface area (Å²) in [6.07, 6.45) is 2.38. The van der Waals surface area contributed by atoms with E-state index >= 15 is 0 Å². The Hall–Kier alpha value is -2.48. The van der Waals surface area contributed by atoms with Gasteiger partial charge in [0.15, 0.2) is 11.5 Å². The molecule has 0 spiro atoms. The fraction of sp³-hybridized carbons (Fsp3) is 0.680. The highest BCUT2D eigenvalue weighted by Gasteiger charge is 2.29. The molecule has 3 rings (SSSR count). The summed E-state index contributed by atoms with van der Waals surface area (Å²) in [5, 5.41) is 6.15. The molecule has 184 valence electrons. The summed E-state index contributed by atoms with van der Waals surface area (Å²) in [6, 6.07) is 5.86. The van der Waals surface area contributed by atoms with E-state index in [9.17, 15) is 9.59 Å². The molecule has 1 aromatic rings. The van der Waals surface area contributed by atoms with Crippen LogP contribution in [-0.2, 0) is 10.2 Å². The third-order valence-corrected chi connectivity index (χ3v) is 6.83. The molecule has 2 aliphatic rings. The van der Waals surface area contributed by atoms with Crippen LogP contribution < -0.4 is 20.1 Å². The molecular formula is C25H40N4O4. The van der Waals surface area contributed by atoms with Crippen LogP contribution in [0.4, 0.5) is 4.79 Å². The third-order valence-electron chi connectivity index (χ3n) is 6.83. The topological polar surface area (TPSA) is 83.1 Å². The molecule has 2 N–H and O–H groups in total. The van der Waals surface area contributed by atoms with Crippen molar-refractivity contribution < 1.29 is 19.1 Å². The van der Waals surface area contributed by atoms with Crippen LogP contribution in [0.2, 0.25) is 0 Å². The van der Waals surface area contributed by atoms with E-state index in [2.05, 4.69) is 43.2 Å². The second kappa shape index (κ2) is 11.6. The molecule has 0 aromatic heterocycles. The number of ether oxygens (including phenoxy) is 2. The van der Waals surface area contributed by atoms with Crippen molar-refractivity contribution in [2.75, 3.05) is 52.6 Å². The van der Waals surface area contributed by atoms with E-state index in [4.69, 9.17) is 9.47 Å². The zero-order valence-electron chi connectivity index (χ0n) is 20.6. The molecule has 33 heavy (non-hydrogen) atoms. The molecule has 1 aromatic carbocycles. The van der Waals surface area contributed by atoms with Gasteiger partial charge in [-0.05, 0) is 56.6 Å². The summed E-state index contributed by atoms with van der Waals surface area (Å²) in [7, 11) is 0. The number of fused-ring (bicyclic) bond motifs is 1. The number of nitrogens with zero attached hydrogens (tertiary/aromatic N) is 2. The first-order valence-electron chi connectivity index (χ1n) is 12.3. The van der Waals surface area contributed by atoms with Crippen molar-refractivity contribution in [3.8, 4) is 11.5 Å². The van der Waals surface area contributed by atoms with Gasteiger partial charge in [-0.15, -0.1) is 0 Å². The van der Waals surface area contributed by atoms with Crippen LogP contribution >= 0.6 is 0 Å². The Bertz CT molecular complexity index is 802. The lowest BCUT2D eigenvalue weighted by atomic mass is 9.84. The molecule has 8 heteroatoms. The van der Waals surface area contributed by atoms with Crippen LogP contribution in [0.25, 0.3) is 0 Å². The summed E-state index contributed by atoms with van der Waals surface area (Å²) in [5.74, 6) is 1.63. The van der Waals surface area contributed by atoms with Crippen LogP contribution in [0.1, 0.15) is 52.5 Å². The van der Waals surface area contributed by atoms with E-state index in [1.54, 1.807) is 0 Å². The summed E-state index contributed by atoms with van der Waals surface area (Å²) in [4.78, 5) is 29.4. The number of carbonyl (C=O) groups excluding carboxylic acids is 2. The number of hydrogen-bond donors (Lipinski definition) is 2. The van der Waals surface area contributed by atoms with Gasteiger partial charge in [0, 0.05) is 37.5 Å². The van der Waals surface area contributed by atoms with Crippen molar-refractivity contribution >= 4 is 11.9 Å². The Balaban J connectivity index is 1.38. The maximum Gasteiger partial charge on any atom is 0.317 e. The average Bonchev–Trinajstić information content (AvgIpc) is 3.31. The predicted octanol–water partition coefficient (Wildman–Crippen LogP) is 2.96. The first-order valence-corrected chi connectivity index (χ1v) is 12.3. The van der Waals surface area contributed by atoms with Gasteiger partial charge < -0.3 is 29.9 Å². The average molecular weight is 461 g/mol. The molecule has 0 atom stereocenters. The summed E-state index contributed by atoms with van der Waals surface area (Å²) in [5.41, 5.74) is 0.836. The zero-order chi connectivity index (χ0) is 23.8.